The van der Waals surface area contributed by atoms with Gasteiger partial charge in [-0.3, -0.25) is 10.1 Å². The highest BCUT2D eigenvalue weighted by Crippen LogP contribution is 2.31. The van der Waals surface area contributed by atoms with E-state index in [1.165, 1.54) is 11.3 Å². The molecule has 0 saturated carbocycles. The quantitative estimate of drug-likeness (QED) is 0.659. The van der Waals surface area contributed by atoms with E-state index < -0.39 is 0 Å². The highest BCUT2D eigenvalue weighted by atomic mass is 35.5. The summed E-state index contributed by atoms with van der Waals surface area (Å²) in [6, 6.07) is 14.5. The summed E-state index contributed by atoms with van der Waals surface area (Å²) in [4.78, 5) is 17.6. The van der Waals surface area contributed by atoms with Crippen LogP contribution in [0.1, 0.15) is 4.88 Å². The zero-order valence-corrected chi connectivity index (χ0v) is 15.9. The zero-order chi connectivity index (χ0) is 18.5. The molecule has 0 aliphatic carbocycles. The molecule has 0 atom stereocenters. The number of benzene rings is 2. The molecule has 3 aromatic rings. The minimum Gasteiger partial charge on any atom is -0.497 e. The standard InChI is InChI=1S/C19H17ClN2O3S/c1-12-18(13-6-8-15(24-2)9-7-13)22-19(26-12)21-17(23)11-25-16-5-3-4-14(20)10-16/h3-10H,11H2,1-2H3,(H,21,22,23). The second-order valence-electron chi connectivity index (χ2n) is 5.45. The van der Waals surface area contributed by atoms with Gasteiger partial charge in [0.05, 0.1) is 12.8 Å². The number of carbonyl (C=O) groups is 1. The number of amides is 1. The van der Waals surface area contributed by atoms with E-state index in [1.807, 2.05) is 31.2 Å². The third kappa shape index (κ3) is 4.53. The monoisotopic (exact) mass is 388 g/mol. The molecule has 26 heavy (non-hydrogen) atoms. The first-order chi connectivity index (χ1) is 12.5. The summed E-state index contributed by atoms with van der Waals surface area (Å²) in [5.41, 5.74) is 1.80. The molecule has 0 saturated heterocycles. The second-order valence-corrected chi connectivity index (χ2v) is 7.09. The lowest BCUT2D eigenvalue weighted by atomic mass is 10.1. The largest absolute Gasteiger partial charge is 0.497 e. The van der Waals surface area contributed by atoms with Crippen molar-refractivity contribution >= 4 is 34.0 Å². The van der Waals surface area contributed by atoms with Crippen LogP contribution in [-0.2, 0) is 4.79 Å². The Hall–Kier alpha value is -2.57. The first-order valence-electron chi connectivity index (χ1n) is 7.85. The number of carbonyl (C=O) groups excluding carboxylic acids is 1. The van der Waals surface area contributed by atoms with Crippen molar-refractivity contribution in [3.8, 4) is 22.8 Å². The lowest BCUT2D eigenvalue weighted by Crippen LogP contribution is -2.20. The molecule has 1 amide bonds. The molecule has 1 N–H and O–H groups in total. The number of nitrogens with one attached hydrogen (secondary N) is 1. The molecule has 0 spiro atoms. The topological polar surface area (TPSA) is 60.5 Å². The molecular weight excluding hydrogens is 372 g/mol. The van der Waals surface area contributed by atoms with Gasteiger partial charge in [-0.25, -0.2) is 4.98 Å². The molecule has 3 rings (SSSR count). The van der Waals surface area contributed by atoms with Crippen molar-refractivity contribution in [3.05, 3.63) is 58.4 Å². The predicted octanol–water partition coefficient (Wildman–Crippen LogP) is 4.80. The van der Waals surface area contributed by atoms with E-state index in [2.05, 4.69) is 10.3 Å². The molecule has 1 heterocycles. The van der Waals surface area contributed by atoms with Crippen molar-refractivity contribution in [1.29, 1.82) is 0 Å². The van der Waals surface area contributed by atoms with E-state index in [0.717, 1.165) is 21.9 Å². The Morgan fingerprint density at radius 1 is 1.19 bits per heavy atom. The molecule has 0 unspecified atom stereocenters. The van der Waals surface area contributed by atoms with Crippen molar-refractivity contribution in [1.82, 2.24) is 4.98 Å². The first kappa shape index (κ1) is 18.2. The van der Waals surface area contributed by atoms with E-state index >= 15 is 0 Å². The Morgan fingerprint density at radius 2 is 1.96 bits per heavy atom. The Labute approximate surface area is 160 Å². The van der Waals surface area contributed by atoms with E-state index in [-0.39, 0.29) is 12.5 Å². The Balaban J connectivity index is 1.63. The maximum atomic E-state index is 12.1. The van der Waals surface area contributed by atoms with Gasteiger partial charge in [0.2, 0.25) is 0 Å². The lowest BCUT2D eigenvalue weighted by molar-refractivity contribution is -0.118. The smallest absolute Gasteiger partial charge is 0.264 e. The van der Waals surface area contributed by atoms with Gasteiger partial charge < -0.3 is 9.47 Å². The van der Waals surface area contributed by atoms with Gasteiger partial charge in [0.25, 0.3) is 5.91 Å². The molecule has 0 aliphatic rings. The number of thiazole rings is 1. The van der Waals surface area contributed by atoms with Crippen molar-refractivity contribution in [2.45, 2.75) is 6.92 Å². The summed E-state index contributed by atoms with van der Waals surface area (Å²) in [6.45, 7) is 1.85. The van der Waals surface area contributed by atoms with Crippen LogP contribution in [0.15, 0.2) is 48.5 Å². The average Bonchev–Trinajstić information content (AvgIpc) is 3.00. The fourth-order valence-corrected chi connectivity index (χ4v) is 3.36. The molecule has 0 radical (unpaired) electrons. The Morgan fingerprint density at radius 3 is 2.65 bits per heavy atom. The number of methoxy groups -OCH3 is 1. The van der Waals surface area contributed by atoms with Crippen LogP contribution < -0.4 is 14.8 Å². The highest BCUT2D eigenvalue weighted by Gasteiger charge is 2.12. The number of aryl methyl sites for hydroxylation is 1. The number of anilines is 1. The summed E-state index contributed by atoms with van der Waals surface area (Å²) in [5, 5.41) is 3.86. The molecule has 7 heteroatoms. The highest BCUT2D eigenvalue weighted by molar-refractivity contribution is 7.16. The number of hydrogen-bond donors (Lipinski definition) is 1. The lowest BCUT2D eigenvalue weighted by Gasteiger charge is -2.06. The second kappa shape index (κ2) is 8.21. The Bertz CT molecular complexity index is 909. The van der Waals surface area contributed by atoms with Crippen LogP contribution in [0.5, 0.6) is 11.5 Å². The fourth-order valence-electron chi connectivity index (χ4n) is 2.33. The molecule has 2 aromatic carbocycles. The van der Waals surface area contributed by atoms with Gasteiger partial charge in [-0.2, -0.15) is 0 Å². The van der Waals surface area contributed by atoms with Crippen LogP contribution in [-0.4, -0.2) is 24.6 Å². The van der Waals surface area contributed by atoms with Crippen LogP contribution in [0.3, 0.4) is 0 Å². The average molecular weight is 389 g/mol. The van der Waals surface area contributed by atoms with Crippen LogP contribution in [0.4, 0.5) is 5.13 Å². The van der Waals surface area contributed by atoms with E-state index in [0.29, 0.717) is 15.9 Å². The van der Waals surface area contributed by atoms with E-state index in [4.69, 9.17) is 21.1 Å². The zero-order valence-electron chi connectivity index (χ0n) is 14.3. The van der Waals surface area contributed by atoms with Gasteiger partial charge in [-0.1, -0.05) is 17.7 Å². The van der Waals surface area contributed by atoms with Crippen molar-refractivity contribution < 1.29 is 14.3 Å². The molecule has 1 aromatic heterocycles. The number of ether oxygens (including phenoxy) is 2. The van der Waals surface area contributed by atoms with Gasteiger partial charge in [-0.05, 0) is 49.4 Å². The third-order valence-electron chi connectivity index (χ3n) is 3.57. The summed E-state index contributed by atoms with van der Waals surface area (Å²) < 4.78 is 10.6. The molecule has 0 bridgehead atoms. The Kier molecular flexibility index (Phi) is 5.75. The number of halogens is 1. The van der Waals surface area contributed by atoms with Crippen LogP contribution in [0.25, 0.3) is 11.3 Å². The number of nitrogens with zero attached hydrogens (tertiary/aromatic N) is 1. The minimum absolute atomic E-state index is 0.114. The van der Waals surface area contributed by atoms with E-state index in [9.17, 15) is 4.79 Å². The molecule has 134 valence electrons. The third-order valence-corrected chi connectivity index (χ3v) is 4.69. The SMILES string of the molecule is COc1ccc(-c2nc(NC(=O)COc3cccc(Cl)c3)sc2C)cc1. The first-order valence-corrected chi connectivity index (χ1v) is 9.04. The van der Waals surface area contributed by atoms with Crippen molar-refractivity contribution in [2.75, 3.05) is 19.0 Å². The fraction of sp³-hybridized carbons (Fsp3) is 0.158. The van der Waals surface area contributed by atoms with Gasteiger partial charge in [0, 0.05) is 15.5 Å². The summed E-state index contributed by atoms with van der Waals surface area (Å²) in [7, 11) is 1.63. The summed E-state index contributed by atoms with van der Waals surface area (Å²) in [6.07, 6.45) is 0. The number of aromatic nitrogens is 1. The van der Waals surface area contributed by atoms with Crippen LogP contribution >= 0.6 is 22.9 Å². The summed E-state index contributed by atoms with van der Waals surface area (Å²) >= 11 is 7.31. The minimum atomic E-state index is -0.278. The van der Waals surface area contributed by atoms with Crippen LogP contribution in [0, 0.1) is 6.92 Å². The maximum absolute atomic E-state index is 12.1. The number of hydrogen-bond acceptors (Lipinski definition) is 5. The predicted molar refractivity (Wildman–Crippen MR) is 104 cm³/mol. The van der Waals surface area contributed by atoms with Gasteiger partial charge in [0.1, 0.15) is 11.5 Å². The van der Waals surface area contributed by atoms with Gasteiger partial charge in [-0.15, -0.1) is 11.3 Å². The summed E-state index contributed by atoms with van der Waals surface area (Å²) in [5.74, 6) is 1.05. The molecule has 0 fully saturated rings. The normalized spacial score (nSPS) is 10.4. The number of rotatable bonds is 6. The van der Waals surface area contributed by atoms with Gasteiger partial charge >= 0.3 is 0 Å². The van der Waals surface area contributed by atoms with E-state index in [1.54, 1.807) is 31.4 Å². The van der Waals surface area contributed by atoms with Crippen molar-refractivity contribution in [2.24, 2.45) is 0 Å². The van der Waals surface area contributed by atoms with Gasteiger partial charge in [0.15, 0.2) is 11.7 Å². The van der Waals surface area contributed by atoms with Crippen LogP contribution in [0.2, 0.25) is 5.02 Å². The molecular formula is C19H17ClN2O3S. The maximum Gasteiger partial charge on any atom is 0.264 e. The van der Waals surface area contributed by atoms with Crippen molar-refractivity contribution in [3.63, 3.8) is 0 Å². The molecule has 5 nitrogen and oxygen atoms in total. The molecule has 0 aliphatic heterocycles.